The molecule has 0 aliphatic carbocycles. The zero-order valence-corrected chi connectivity index (χ0v) is 19.0. The monoisotopic (exact) mass is 484 g/mol. The molecule has 0 unspecified atom stereocenters. The lowest BCUT2D eigenvalue weighted by Crippen LogP contribution is -2.05. The molecular weight excluding hydrogens is 471 g/mol. The molecule has 0 saturated heterocycles. The Morgan fingerprint density at radius 2 is 1.75 bits per heavy atom. The van der Waals surface area contributed by atoms with E-state index in [9.17, 15) is 0 Å². The van der Waals surface area contributed by atoms with Crippen molar-refractivity contribution in [1.29, 1.82) is 0 Å². The lowest BCUT2D eigenvalue weighted by Gasteiger charge is -2.11. The molecule has 0 fully saturated rings. The molecule has 3 aromatic heterocycles. The summed E-state index contributed by atoms with van der Waals surface area (Å²) >= 11 is 18.8. The van der Waals surface area contributed by atoms with Crippen molar-refractivity contribution in [2.45, 2.75) is 13.5 Å². The standard InChI is InChI=1S/C22H15Cl3N6O/c1-13-20(22-26-28-29-30(22)11-14-8-9-32-12-14)27-31(19-7-6-17(24)10-18(19)25)21(13)15-2-4-16(23)5-3-15/h2-10,12H,11H2,1H3. The molecule has 7 nitrogen and oxygen atoms in total. The van der Waals surface area contributed by atoms with Crippen LogP contribution in [0.15, 0.2) is 65.5 Å². The van der Waals surface area contributed by atoms with Crippen molar-refractivity contribution >= 4 is 34.8 Å². The smallest absolute Gasteiger partial charge is 0.203 e. The van der Waals surface area contributed by atoms with E-state index in [2.05, 4.69) is 15.5 Å². The van der Waals surface area contributed by atoms with Crippen molar-refractivity contribution in [3.8, 4) is 28.5 Å². The maximum atomic E-state index is 6.54. The Kier molecular flexibility index (Phi) is 5.46. The van der Waals surface area contributed by atoms with Gasteiger partial charge in [-0.05, 0) is 53.7 Å². The van der Waals surface area contributed by atoms with E-state index in [1.54, 1.807) is 34.0 Å². The van der Waals surface area contributed by atoms with Gasteiger partial charge in [-0.2, -0.15) is 5.10 Å². The molecule has 3 heterocycles. The SMILES string of the molecule is Cc1c(-c2nnnn2Cc2ccoc2)nn(-c2ccc(Cl)cc2Cl)c1-c1ccc(Cl)cc1. The van der Waals surface area contributed by atoms with Gasteiger partial charge in [0.2, 0.25) is 5.82 Å². The summed E-state index contributed by atoms with van der Waals surface area (Å²) < 4.78 is 8.63. The third kappa shape index (κ3) is 3.79. The van der Waals surface area contributed by atoms with Crippen LogP contribution in [0.3, 0.4) is 0 Å². The molecule has 0 saturated carbocycles. The summed E-state index contributed by atoms with van der Waals surface area (Å²) in [5.74, 6) is 0.530. The highest BCUT2D eigenvalue weighted by Gasteiger charge is 2.24. The maximum Gasteiger partial charge on any atom is 0.203 e. The van der Waals surface area contributed by atoms with Crippen LogP contribution in [0.5, 0.6) is 0 Å². The fourth-order valence-electron chi connectivity index (χ4n) is 3.52. The average Bonchev–Trinajstić information content (AvgIpc) is 3.50. The highest BCUT2D eigenvalue weighted by molar-refractivity contribution is 6.35. The van der Waals surface area contributed by atoms with Gasteiger partial charge in [-0.3, -0.25) is 0 Å². The Morgan fingerprint density at radius 3 is 2.47 bits per heavy atom. The molecule has 0 aliphatic heterocycles. The maximum absolute atomic E-state index is 6.54. The summed E-state index contributed by atoms with van der Waals surface area (Å²) in [6.07, 6.45) is 3.27. The van der Waals surface area contributed by atoms with E-state index >= 15 is 0 Å². The summed E-state index contributed by atoms with van der Waals surface area (Å²) in [5, 5.41) is 18.8. The van der Waals surface area contributed by atoms with Crippen molar-refractivity contribution in [2.75, 3.05) is 0 Å². The quantitative estimate of drug-likeness (QED) is 0.300. The molecule has 0 atom stereocenters. The molecular formula is C22H15Cl3N6O. The van der Waals surface area contributed by atoms with Gasteiger partial charge >= 0.3 is 0 Å². The third-order valence-electron chi connectivity index (χ3n) is 5.03. The number of nitrogens with zero attached hydrogens (tertiary/aromatic N) is 6. The van der Waals surface area contributed by atoms with Gasteiger partial charge in [-0.15, -0.1) is 5.10 Å². The van der Waals surface area contributed by atoms with Gasteiger partial charge in [-0.25, -0.2) is 9.36 Å². The van der Waals surface area contributed by atoms with Gasteiger partial charge in [0.25, 0.3) is 0 Å². The normalized spacial score (nSPS) is 11.2. The zero-order chi connectivity index (χ0) is 22.2. The van der Waals surface area contributed by atoms with Crippen LogP contribution in [-0.4, -0.2) is 30.0 Å². The summed E-state index contributed by atoms with van der Waals surface area (Å²) in [4.78, 5) is 0. The highest BCUT2D eigenvalue weighted by Crippen LogP contribution is 2.35. The second kappa shape index (κ2) is 8.43. The van der Waals surface area contributed by atoms with Gasteiger partial charge in [0.05, 0.1) is 35.5 Å². The van der Waals surface area contributed by atoms with Crippen molar-refractivity contribution in [3.63, 3.8) is 0 Å². The number of hydrogen-bond acceptors (Lipinski definition) is 5. The molecule has 5 rings (SSSR count). The number of aromatic nitrogens is 6. The molecule has 0 N–H and O–H groups in total. The van der Waals surface area contributed by atoms with Gasteiger partial charge < -0.3 is 4.42 Å². The van der Waals surface area contributed by atoms with Gasteiger partial charge in [-0.1, -0.05) is 46.9 Å². The van der Waals surface area contributed by atoms with Crippen LogP contribution in [0.2, 0.25) is 15.1 Å². The van der Waals surface area contributed by atoms with Gasteiger partial charge in [0, 0.05) is 26.7 Å². The molecule has 10 heteroatoms. The predicted octanol–water partition coefficient (Wildman–Crippen LogP) is 6.10. The van der Waals surface area contributed by atoms with Gasteiger partial charge in [0.15, 0.2) is 0 Å². The molecule has 160 valence electrons. The van der Waals surface area contributed by atoms with Crippen LogP contribution in [0.1, 0.15) is 11.1 Å². The van der Waals surface area contributed by atoms with Crippen LogP contribution in [0.25, 0.3) is 28.5 Å². The molecule has 0 amide bonds. The van der Waals surface area contributed by atoms with Crippen molar-refractivity contribution < 1.29 is 4.42 Å². The number of rotatable bonds is 5. The summed E-state index contributed by atoms with van der Waals surface area (Å²) in [6.45, 7) is 2.42. The average molecular weight is 486 g/mol. The molecule has 5 aromatic rings. The Morgan fingerprint density at radius 1 is 0.969 bits per heavy atom. The first-order valence-electron chi connectivity index (χ1n) is 9.60. The number of tetrazole rings is 1. The van der Waals surface area contributed by atoms with E-state index in [0.29, 0.717) is 38.8 Å². The van der Waals surface area contributed by atoms with Crippen molar-refractivity contribution in [3.05, 3.63) is 87.3 Å². The molecule has 0 spiro atoms. The van der Waals surface area contributed by atoms with Crippen LogP contribution in [0.4, 0.5) is 0 Å². The van der Waals surface area contributed by atoms with Crippen LogP contribution < -0.4 is 0 Å². The van der Waals surface area contributed by atoms with Crippen molar-refractivity contribution in [1.82, 2.24) is 30.0 Å². The zero-order valence-electron chi connectivity index (χ0n) is 16.7. The topological polar surface area (TPSA) is 74.6 Å². The van der Waals surface area contributed by atoms with E-state index in [1.807, 2.05) is 43.3 Å². The number of hydrogen-bond donors (Lipinski definition) is 0. The minimum atomic E-state index is 0.448. The predicted molar refractivity (Wildman–Crippen MR) is 123 cm³/mol. The molecule has 0 aliphatic rings. The Labute approximate surface area is 198 Å². The third-order valence-corrected chi connectivity index (χ3v) is 5.82. The molecule has 32 heavy (non-hydrogen) atoms. The molecule has 2 aromatic carbocycles. The van der Waals surface area contributed by atoms with E-state index in [1.165, 1.54) is 0 Å². The Bertz CT molecular complexity index is 1390. The lowest BCUT2D eigenvalue weighted by atomic mass is 10.1. The summed E-state index contributed by atoms with van der Waals surface area (Å²) in [5.41, 5.74) is 4.92. The number of halogens is 3. The molecule has 0 radical (unpaired) electrons. The first-order chi connectivity index (χ1) is 15.5. The van der Waals surface area contributed by atoms with Crippen LogP contribution >= 0.6 is 34.8 Å². The minimum absolute atomic E-state index is 0.448. The lowest BCUT2D eigenvalue weighted by molar-refractivity contribution is 0.558. The molecule has 0 bridgehead atoms. The Balaban J connectivity index is 1.71. The fourth-order valence-corrected chi connectivity index (χ4v) is 4.13. The van der Waals surface area contributed by atoms with E-state index < -0.39 is 0 Å². The number of furan rings is 1. The largest absolute Gasteiger partial charge is 0.472 e. The number of benzene rings is 2. The van der Waals surface area contributed by atoms with Crippen LogP contribution in [0, 0.1) is 6.92 Å². The second-order valence-corrected chi connectivity index (χ2v) is 8.41. The summed E-state index contributed by atoms with van der Waals surface area (Å²) in [6, 6.07) is 14.7. The Hall–Kier alpha value is -3.13. The van der Waals surface area contributed by atoms with Gasteiger partial charge in [0.1, 0.15) is 5.69 Å². The second-order valence-electron chi connectivity index (χ2n) is 7.13. The summed E-state index contributed by atoms with van der Waals surface area (Å²) in [7, 11) is 0. The van der Waals surface area contributed by atoms with E-state index in [0.717, 1.165) is 22.4 Å². The van der Waals surface area contributed by atoms with Crippen molar-refractivity contribution in [2.24, 2.45) is 0 Å². The minimum Gasteiger partial charge on any atom is -0.472 e. The van der Waals surface area contributed by atoms with E-state index in [4.69, 9.17) is 44.3 Å². The first-order valence-corrected chi connectivity index (χ1v) is 10.7. The first kappa shape index (κ1) is 20.8. The van der Waals surface area contributed by atoms with E-state index in [-0.39, 0.29) is 0 Å². The fraction of sp³-hybridized carbons (Fsp3) is 0.0909. The highest BCUT2D eigenvalue weighted by atomic mass is 35.5. The van der Waals surface area contributed by atoms with Crippen LogP contribution in [-0.2, 0) is 6.54 Å².